The lowest BCUT2D eigenvalue weighted by molar-refractivity contribution is -0.147. The molecule has 0 radical (unpaired) electrons. The van der Waals surface area contributed by atoms with Gasteiger partial charge >= 0.3 is 0 Å². The molecule has 2 fully saturated rings. The van der Waals surface area contributed by atoms with Crippen molar-refractivity contribution in [2.75, 3.05) is 6.61 Å². The Bertz CT molecular complexity index is 678. The van der Waals surface area contributed by atoms with Crippen molar-refractivity contribution in [2.24, 2.45) is 5.73 Å². The smallest absolute Gasteiger partial charge is 0.243 e. The van der Waals surface area contributed by atoms with Crippen LogP contribution in [-0.2, 0) is 20.7 Å². The first-order chi connectivity index (χ1) is 12.1. The number of carbonyl (C=O) groups excluding carboxylic acids is 2. The highest BCUT2D eigenvalue weighted by Crippen LogP contribution is 2.32. The number of rotatable bonds is 2. The maximum atomic E-state index is 12.9. The zero-order valence-electron chi connectivity index (χ0n) is 14.3. The molecule has 2 amide bonds. The monoisotopic (exact) mass is 343 g/mol. The highest BCUT2D eigenvalue weighted by molar-refractivity contribution is 5.90. The van der Waals surface area contributed by atoms with Crippen molar-refractivity contribution in [3.63, 3.8) is 0 Å². The summed E-state index contributed by atoms with van der Waals surface area (Å²) < 4.78 is 5.74. The number of amides is 2. The highest BCUT2D eigenvalue weighted by Gasteiger charge is 2.44. The molecule has 3 N–H and O–H groups in total. The van der Waals surface area contributed by atoms with Crippen LogP contribution in [0.25, 0.3) is 0 Å². The van der Waals surface area contributed by atoms with E-state index in [0.717, 1.165) is 19.3 Å². The van der Waals surface area contributed by atoms with Gasteiger partial charge in [-0.2, -0.15) is 0 Å². The van der Waals surface area contributed by atoms with Crippen LogP contribution in [0.5, 0.6) is 0 Å². The first-order valence-electron chi connectivity index (χ1n) is 9.22. The minimum absolute atomic E-state index is 0.0215. The minimum Gasteiger partial charge on any atom is -0.358 e. The molecule has 0 spiro atoms. The lowest BCUT2D eigenvalue weighted by atomic mass is 9.87. The van der Waals surface area contributed by atoms with Gasteiger partial charge in [-0.3, -0.25) is 9.59 Å². The van der Waals surface area contributed by atoms with E-state index in [1.54, 1.807) is 4.90 Å². The number of ether oxygens (including phenoxy) is 1. The summed E-state index contributed by atoms with van der Waals surface area (Å²) in [6.07, 6.45) is 4.57. The van der Waals surface area contributed by atoms with E-state index < -0.39 is 12.1 Å². The Hall–Kier alpha value is -1.92. The fourth-order valence-corrected chi connectivity index (χ4v) is 4.31. The fourth-order valence-electron chi connectivity index (χ4n) is 4.31. The minimum atomic E-state index is -0.575. The summed E-state index contributed by atoms with van der Waals surface area (Å²) in [6.45, 7) is 0.471. The van der Waals surface area contributed by atoms with Crippen LogP contribution in [0.4, 0.5) is 0 Å². The molecule has 2 saturated heterocycles. The van der Waals surface area contributed by atoms with E-state index in [0.29, 0.717) is 25.9 Å². The highest BCUT2D eigenvalue weighted by atomic mass is 16.5. The Balaban J connectivity index is 1.51. The third-order valence-corrected chi connectivity index (χ3v) is 5.63. The van der Waals surface area contributed by atoms with Crippen LogP contribution < -0.4 is 11.1 Å². The van der Waals surface area contributed by atoms with E-state index in [1.807, 2.05) is 12.1 Å². The summed E-state index contributed by atoms with van der Waals surface area (Å²) in [6, 6.07) is 7.24. The summed E-state index contributed by atoms with van der Waals surface area (Å²) in [5.74, 6) is -0.251. The topological polar surface area (TPSA) is 84.7 Å². The van der Waals surface area contributed by atoms with E-state index >= 15 is 0 Å². The largest absolute Gasteiger partial charge is 0.358 e. The Kier molecular flexibility index (Phi) is 4.48. The van der Waals surface area contributed by atoms with Crippen molar-refractivity contribution in [1.29, 1.82) is 0 Å². The number of aryl methyl sites for hydroxylation is 1. The molecule has 4 rings (SSSR count). The van der Waals surface area contributed by atoms with Gasteiger partial charge in [-0.25, -0.2) is 0 Å². The zero-order chi connectivity index (χ0) is 17.4. The Morgan fingerprint density at radius 2 is 2.04 bits per heavy atom. The van der Waals surface area contributed by atoms with Crippen molar-refractivity contribution in [3.05, 3.63) is 35.4 Å². The zero-order valence-corrected chi connectivity index (χ0v) is 14.3. The summed E-state index contributed by atoms with van der Waals surface area (Å²) in [5, 5.41) is 3.18. The van der Waals surface area contributed by atoms with Crippen LogP contribution in [0.3, 0.4) is 0 Å². The number of carbonyl (C=O) groups is 2. The number of hydrogen-bond acceptors (Lipinski definition) is 4. The molecule has 1 aliphatic carbocycles. The van der Waals surface area contributed by atoms with Gasteiger partial charge in [0.2, 0.25) is 11.8 Å². The number of nitrogens with zero attached hydrogens (tertiary/aromatic N) is 1. The molecule has 6 heteroatoms. The van der Waals surface area contributed by atoms with E-state index in [1.165, 1.54) is 11.1 Å². The van der Waals surface area contributed by atoms with Crippen molar-refractivity contribution in [3.8, 4) is 0 Å². The number of nitrogens with two attached hydrogens (primary N) is 1. The predicted molar refractivity (Wildman–Crippen MR) is 92.5 cm³/mol. The van der Waals surface area contributed by atoms with Crippen LogP contribution in [0.1, 0.15) is 49.3 Å². The van der Waals surface area contributed by atoms with Crippen LogP contribution >= 0.6 is 0 Å². The van der Waals surface area contributed by atoms with Gasteiger partial charge in [0.05, 0.1) is 18.7 Å². The normalized spacial score (nSPS) is 31.9. The van der Waals surface area contributed by atoms with Gasteiger partial charge in [-0.1, -0.05) is 24.3 Å². The molecule has 3 aliphatic rings. The van der Waals surface area contributed by atoms with Crippen molar-refractivity contribution in [1.82, 2.24) is 10.2 Å². The van der Waals surface area contributed by atoms with Gasteiger partial charge < -0.3 is 20.7 Å². The predicted octanol–water partition coefficient (Wildman–Crippen LogP) is 1.24. The number of nitrogens with one attached hydrogen (secondary N) is 1. The van der Waals surface area contributed by atoms with E-state index in [9.17, 15) is 9.59 Å². The molecule has 4 atom stereocenters. The second-order valence-electron chi connectivity index (χ2n) is 7.21. The molecule has 0 bridgehead atoms. The standard InChI is InChI=1S/C19H25N3O3/c20-14-10-11-25-17-9-8-16(22(17)19(14)24)18(23)21-15-7-3-5-12-4-1-2-6-13(12)15/h1-2,4,6,14-17H,3,5,7-11,20H2,(H,21,23)/t14-,15+,16?,17-/m0/s1. The van der Waals surface area contributed by atoms with Gasteiger partial charge in [-0.05, 0) is 49.7 Å². The second kappa shape index (κ2) is 6.77. The molecule has 2 aliphatic heterocycles. The fraction of sp³-hybridized carbons (Fsp3) is 0.579. The summed E-state index contributed by atoms with van der Waals surface area (Å²) in [7, 11) is 0. The molecule has 0 aromatic heterocycles. The van der Waals surface area contributed by atoms with E-state index in [-0.39, 0.29) is 24.1 Å². The summed E-state index contributed by atoms with van der Waals surface area (Å²) in [4.78, 5) is 27.1. The van der Waals surface area contributed by atoms with Gasteiger partial charge in [0.1, 0.15) is 12.3 Å². The molecule has 1 aromatic rings. The number of benzene rings is 1. The molecular formula is C19H25N3O3. The van der Waals surface area contributed by atoms with Gasteiger partial charge in [0.25, 0.3) is 0 Å². The third kappa shape index (κ3) is 3.04. The molecule has 6 nitrogen and oxygen atoms in total. The van der Waals surface area contributed by atoms with Crippen LogP contribution in [0, 0.1) is 0 Å². The number of fused-ring (bicyclic) bond motifs is 2. The molecule has 1 aromatic carbocycles. The lowest BCUT2D eigenvalue weighted by Crippen LogP contribution is -2.53. The first kappa shape index (κ1) is 16.5. The molecule has 2 heterocycles. The van der Waals surface area contributed by atoms with Crippen molar-refractivity contribution >= 4 is 11.8 Å². The quantitative estimate of drug-likeness (QED) is 0.846. The first-order valence-corrected chi connectivity index (χ1v) is 9.22. The Morgan fingerprint density at radius 1 is 1.20 bits per heavy atom. The second-order valence-corrected chi connectivity index (χ2v) is 7.21. The van der Waals surface area contributed by atoms with Gasteiger partial charge in [0.15, 0.2) is 0 Å². The van der Waals surface area contributed by atoms with Crippen LogP contribution in [0.15, 0.2) is 24.3 Å². The third-order valence-electron chi connectivity index (χ3n) is 5.63. The summed E-state index contributed by atoms with van der Waals surface area (Å²) in [5.41, 5.74) is 8.45. The molecule has 134 valence electrons. The Labute approximate surface area is 147 Å². The molecular weight excluding hydrogens is 318 g/mol. The van der Waals surface area contributed by atoms with E-state index in [2.05, 4.69) is 17.4 Å². The van der Waals surface area contributed by atoms with E-state index in [4.69, 9.17) is 10.5 Å². The van der Waals surface area contributed by atoms with Crippen molar-refractivity contribution < 1.29 is 14.3 Å². The van der Waals surface area contributed by atoms with Crippen molar-refractivity contribution in [2.45, 2.75) is 62.9 Å². The molecule has 0 saturated carbocycles. The number of hydrogen-bond donors (Lipinski definition) is 2. The van der Waals surface area contributed by atoms with Crippen LogP contribution in [-0.4, -0.2) is 41.6 Å². The Morgan fingerprint density at radius 3 is 2.92 bits per heavy atom. The maximum Gasteiger partial charge on any atom is 0.243 e. The average Bonchev–Trinajstić information content (AvgIpc) is 2.99. The average molecular weight is 343 g/mol. The maximum absolute atomic E-state index is 12.9. The SMILES string of the molecule is N[C@H]1CCO[C@H]2CCC(C(=O)N[C@@H]3CCCc4ccccc43)N2C1=O. The van der Waals surface area contributed by atoms with Gasteiger partial charge in [0, 0.05) is 0 Å². The lowest BCUT2D eigenvalue weighted by Gasteiger charge is -2.31. The van der Waals surface area contributed by atoms with Gasteiger partial charge in [-0.15, -0.1) is 0 Å². The molecule has 25 heavy (non-hydrogen) atoms. The van der Waals surface area contributed by atoms with Crippen LogP contribution in [0.2, 0.25) is 0 Å². The molecule has 1 unspecified atom stereocenters. The summed E-state index contributed by atoms with van der Waals surface area (Å²) >= 11 is 0.